The summed E-state index contributed by atoms with van der Waals surface area (Å²) in [5.41, 5.74) is 3.48. The Balaban J connectivity index is 1.79. The van der Waals surface area contributed by atoms with Crippen LogP contribution in [0.1, 0.15) is 5.56 Å². The van der Waals surface area contributed by atoms with Crippen molar-refractivity contribution >= 4 is 46.5 Å². The van der Waals surface area contributed by atoms with E-state index in [4.69, 9.17) is 0 Å². The summed E-state index contributed by atoms with van der Waals surface area (Å²) in [6, 6.07) is 13.4. The second-order valence-electron chi connectivity index (χ2n) is 3.77. The number of hydrogen-bond donors (Lipinski definition) is 1. The second kappa shape index (κ2) is 8.01. The van der Waals surface area contributed by atoms with Crippen LogP contribution in [-0.2, 0) is 4.79 Å². The molecule has 4 nitrogen and oxygen atoms in total. The number of thioether (sulfide) groups is 1. The van der Waals surface area contributed by atoms with Gasteiger partial charge in [-0.05, 0) is 40.8 Å². The Morgan fingerprint density at radius 2 is 2.10 bits per heavy atom. The minimum atomic E-state index is -0.150. The molecule has 0 saturated heterocycles. The summed E-state index contributed by atoms with van der Waals surface area (Å²) in [4.78, 5) is 15.7. The van der Waals surface area contributed by atoms with Crippen LogP contribution >= 0.6 is 34.4 Å². The van der Waals surface area contributed by atoms with Gasteiger partial charge in [0.1, 0.15) is 0 Å². The summed E-state index contributed by atoms with van der Waals surface area (Å²) in [5, 5.41) is 4.77. The number of amides is 1. The molecule has 0 saturated carbocycles. The first-order chi connectivity index (χ1) is 9.75. The second-order valence-corrected chi connectivity index (χ2v) is 5.93. The molecule has 0 atom stereocenters. The van der Waals surface area contributed by atoms with Crippen LogP contribution < -0.4 is 5.43 Å². The molecule has 0 spiro atoms. The van der Waals surface area contributed by atoms with Crippen molar-refractivity contribution in [1.29, 1.82) is 0 Å². The summed E-state index contributed by atoms with van der Waals surface area (Å²) >= 11 is 3.60. The standard InChI is InChI=1S/C14H12IN3OS/c15-12-6-2-1-5-11(12)9-17-18-13(19)10-20-14-7-3-4-8-16-14/h1-9H,10H2,(H,18,19)/b17-9-. The molecule has 1 amide bonds. The third kappa shape index (κ3) is 4.93. The summed E-state index contributed by atoms with van der Waals surface area (Å²) in [6.07, 6.45) is 3.35. The van der Waals surface area contributed by atoms with E-state index in [0.29, 0.717) is 5.75 Å². The van der Waals surface area contributed by atoms with Crippen LogP contribution in [0.3, 0.4) is 0 Å². The molecule has 6 heteroatoms. The van der Waals surface area contributed by atoms with Crippen molar-refractivity contribution in [3.63, 3.8) is 0 Å². The lowest BCUT2D eigenvalue weighted by molar-refractivity contribution is -0.118. The monoisotopic (exact) mass is 397 g/mol. The third-order valence-electron chi connectivity index (χ3n) is 2.29. The molecule has 0 bridgehead atoms. The van der Waals surface area contributed by atoms with Gasteiger partial charge in [0.25, 0.3) is 0 Å². The molecule has 0 fully saturated rings. The van der Waals surface area contributed by atoms with Crippen LogP contribution in [0.5, 0.6) is 0 Å². The lowest BCUT2D eigenvalue weighted by atomic mass is 10.2. The van der Waals surface area contributed by atoms with E-state index in [-0.39, 0.29) is 5.91 Å². The first kappa shape index (κ1) is 15.0. The van der Waals surface area contributed by atoms with E-state index in [1.165, 1.54) is 11.8 Å². The van der Waals surface area contributed by atoms with E-state index in [1.807, 2.05) is 42.5 Å². The highest BCUT2D eigenvalue weighted by atomic mass is 127. The van der Waals surface area contributed by atoms with Gasteiger partial charge in [-0.15, -0.1) is 0 Å². The SMILES string of the molecule is O=C(CSc1ccccn1)N/N=C\c1ccccc1I. The third-order valence-corrected chi connectivity index (χ3v) is 4.21. The molecule has 1 aromatic carbocycles. The minimum absolute atomic E-state index is 0.150. The molecule has 20 heavy (non-hydrogen) atoms. The van der Waals surface area contributed by atoms with E-state index >= 15 is 0 Å². The van der Waals surface area contributed by atoms with E-state index in [0.717, 1.165) is 14.2 Å². The normalized spacial score (nSPS) is 10.7. The number of aromatic nitrogens is 1. The molecule has 0 radical (unpaired) electrons. The molecule has 0 unspecified atom stereocenters. The van der Waals surface area contributed by atoms with Gasteiger partial charge in [-0.25, -0.2) is 10.4 Å². The van der Waals surface area contributed by atoms with Crippen LogP contribution in [0.2, 0.25) is 0 Å². The number of nitrogens with zero attached hydrogens (tertiary/aromatic N) is 2. The number of hydrazone groups is 1. The molecule has 2 aromatic rings. The van der Waals surface area contributed by atoms with E-state index in [9.17, 15) is 4.79 Å². The Labute approximate surface area is 135 Å². The quantitative estimate of drug-likeness (QED) is 0.365. The Morgan fingerprint density at radius 3 is 2.85 bits per heavy atom. The number of rotatable bonds is 5. The molecule has 0 aliphatic carbocycles. The molecule has 1 N–H and O–H groups in total. The summed E-state index contributed by atoms with van der Waals surface area (Å²) in [7, 11) is 0. The number of nitrogens with one attached hydrogen (secondary N) is 1. The van der Waals surface area contributed by atoms with Gasteiger partial charge in [0.05, 0.1) is 17.0 Å². The smallest absolute Gasteiger partial charge is 0.250 e. The van der Waals surface area contributed by atoms with Crippen LogP contribution in [0, 0.1) is 3.57 Å². The maximum Gasteiger partial charge on any atom is 0.250 e. The van der Waals surface area contributed by atoms with Gasteiger partial charge >= 0.3 is 0 Å². The molecule has 102 valence electrons. The van der Waals surface area contributed by atoms with Crippen molar-refractivity contribution in [2.75, 3.05) is 5.75 Å². The number of hydrogen-bond acceptors (Lipinski definition) is 4. The lowest BCUT2D eigenvalue weighted by Gasteiger charge is -2.00. The van der Waals surface area contributed by atoms with Gasteiger partial charge in [-0.3, -0.25) is 4.79 Å². The highest BCUT2D eigenvalue weighted by molar-refractivity contribution is 14.1. The molecule has 1 heterocycles. The van der Waals surface area contributed by atoms with Gasteiger partial charge in [-0.1, -0.05) is 36.0 Å². The van der Waals surface area contributed by atoms with Crippen molar-refractivity contribution in [3.8, 4) is 0 Å². The summed E-state index contributed by atoms with van der Waals surface area (Å²) < 4.78 is 1.09. The average Bonchev–Trinajstić information content (AvgIpc) is 2.48. The van der Waals surface area contributed by atoms with Gasteiger partial charge in [0, 0.05) is 15.3 Å². The van der Waals surface area contributed by atoms with Crippen LogP contribution in [-0.4, -0.2) is 22.9 Å². The Kier molecular flexibility index (Phi) is 6.00. The summed E-state index contributed by atoms with van der Waals surface area (Å²) in [5.74, 6) is 0.142. The Hall–Kier alpha value is -1.41. The fourth-order valence-corrected chi connectivity index (χ4v) is 2.54. The predicted octanol–water partition coefficient (Wildman–Crippen LogP) is 2.93. The molecular weight excluding hydrogens is 385 g/mol. The first-order valence-electron chi connectivity index (χ1n) is 5.86. The average molecular weight is 397 g/mol. The fraction of sp³-hybridized carbons (Fsp3) is 0.0714. The Morgan fingerprint density at radius 1 is 1.30 bits per heavy atom. The van der Waals surface area contributed by atoms with E-state index < -0.39 is 0 Å². The zero-order valence-corrected chi connectivity index (χ0v) is 13.5. The number of halogens is 1. The van der Waals surface area contributed by atoms with Crippen LogP contribution in [0.4, 0.5) is 0 Å². The molecule has 2 rings (SSSR count). The number of benzene rings is 1. The predicted molar refractivity (Wildman–Crippen MR) is 89.9 cm³/mol. The minimum Gasteiger partial charge on any atom is -0.272 e. The molecule has 1 aromatic heterocycles. The lowest BCUT2D eigenvalue weighted by Crippen LogP contribution is -2.19. The zero-order valence-electron chi connectivity index (χ0n) is 10.5. The zero-order chi connectivity index (χ0) is 14.2. The van der Waals surface area contributed by atoms with E-state index in [1.54, 1.807) is 12.4 Å². The maximum absolute atomic E-state index is 11.6. The highest BCUT2D eigenvalue weighted by Crippen LogP contribution is 2.13. The van der Waals surface area contributed by atoms with E-state index in [2.05, 4.69) is 38.1 Å². The van der Waals surface area contributed by atoms with Gasteiger partial charge < -0.3 is 0 Å². The van der Waals surface area contributed by atoms with Crippen molar-refractivity contribution in [1.82, 2.24) is 10.4 Å². The number of carbonyl (C=O) groups is 1. The van der Waals surface area contributed by atoms with Gasteiger partial charge in [-0.2, -0.15) is 5.10 Å². The molecule has 0 aliphatic rings. The Bertz CT molecular complexity index is 604. The first-order valence-corrected chi connectivity index (χ1v) is 7.92. The van der Waals surface area contributed by atoms with Crippen molar-refractivity contribution in [2.45, 2.75) is 5.03 Å². The van der Waals surface area contributed by atoms with Crippen molar-refractivity contribution in [3.05, 3.63) is 57.8 Å². The van der Waals surface area contributed by atoms with Crippen LogP contribution in [0.25, 0.3) is 0 Å². The van der Waals surface area contributed by atoms with Crippen molar-refractivity contribution < 1.29 is 4.79 Å². The molecular formula is C14H12IN3OS. The molecule has 0 aliphatic heterocycles. The topological polar surface area (TPSA) is 54.4 Å². The van der Waals surface area contributed by atoms with Crippen LogP contribution in [0.15, 0.2) is 58.8 Å². The fourth-order valence-electron chi connectivity index (χ4n) is 1.36. The number of pyridine rings is 1. The van der Waals surface area contributed by atoms with Gasteiger partial charge in [0.15, 0.2) is 0 Å². The largest absolute Gasteiger partial charge is 0.272 e. The maximum atomic E-state index is 11.6. The van der Waals surface area contributed by atoms with Crippen molar-refractivity contribution in [2.24, 2.45) is 5.10 Å². The number of carbonyl (C=O) groups excluding carboxylic acids is 1. The van der Waals surface area contributed by atoms with Gasteiger partial charge in [0.2, 0.25) is 5.91 Å². The highest BCUT2D eigenvalue weighted by Gasteiger charge is 2.01. The summed E-state index contributed by atoms with van der Waals surface area (Å²) in [6.45, 7) is 0.